The fourth-order valence-electron chi connectivity index (χ4n) is 1.84. The minimum Gasteiger partial charge on any atom is -0.396 e. The van der Waals surface area contributed by atoms with E-state index in [1.54, 1.807) is 18.3 Å². The number of sulfone groups is 1. The zero-order valence-electron chi connectivity index (χ0n) is 8.89. The molecule has 1 atom stereocenters. The lowest BCUT2D eigenvalue weighted by Crippen LogP contribution is -2.16. The normalized spacial score (nSPS) is 23.1. The second-order valence-corrected chi connectivity index (χ2v) is 6.32. The first-order chi connectivity index (χ1) is 7.57. The van der Waals surface area contributed by atoms with Crippen molar-refractivity contribution in [3.8, 4) is 0 Å². The first kappa shape index (κ1) is 11.2. The van der Waals surface area contributed by atoms with E-state index in [4.69, 9.17) is 5.73 Å². The zero-order valence-corrected chi connectivity index (χ0v) is 9.70. The van der Waals surface area contributed by atoms with Gasteiger partial charge in [0.15, 0.2) is 9.84 Å². The molecule has 16 heavy (non-hydrogen) atoms. The van der Waals surface area contributed by atoms with Crippen molar-refractivity contribution in [2.24, 2.45) is 5.92 Å². The van der Waals surface area contributed by atoms with Gasteiger partial charge < -0.3 is 11.1 Å². The molecule has 1 aliphatic heterocycles. The Kier molecular flexibility index (Phi) is 3.00. The van der Waals surface area contributed by atoms with E-state index in [-0.39, 0.29) is 11.7 Å². The quantitative estimate of drug-likeness (QED) is 0.805. The summed E-state index contributed by atoms with van der Waals surface area (Å²) in [6.07, 6.45) is 2.38. The maximum atomic E-state index is 11.3. The Balaban J connectivity index is 1.92. The van der Waals surface area contributed by atoms with Gasteiger partial charge >= 0.3 is 0 Å². The van der Waals surface area contributed by atoms with Crippen LogP contribution in [0.25, 0.3) is 0 Å². The van der Waals surface area contributed by atoms with Gasteiger partial charge in [0, 0.05) is 12.7 Å². The summed E-state index contributed by atoms with van der Waals surface area (Å²) in [7, 11) is -2.80. The Morgan fingerprint density at radius 3 is 3.00 bits per heavy atom. The maximum absolute atomic E-state index is 11.3. The molecule has 1 aromatic rings. The van der Waals surface area contributed by atoms with Gasteiger partial charge in [0.2, 0.25) is 0 Å². The van der Waals surface area contributed by atoms with Gasteiger partial charge in [-0.3, -0.25) is 0 Å². The molecule has 0 spiro atoms. The lowest BCUT2D eigenvalue weighted by atomic mass is 10.1. The minimum absolute atomic E-state index is 0.173. The van der Waals surface area contributed by atoms with E-state index in [9.17, 15) is 8.42 Å². The highest BCUT2D eigenvalue weighted by atomic mass is 32.2. The third-order valence-electron chi connectivity index (χ3n) is 2.72. The number of hydrogen-bond acceptors (Lipinski definition) is 5. The van der Waals surface area contributed by atoms with Crippen LogP contribution >= 0.6 is 0 Å². The van der Waals surface area contributed by atoms with E-state index < -0.39 is 9.84 Å². The maximum Gasteiger partial charge on any atom is 0.150 e. The number of hydrogen-bond donors (Lipinski definition) is 2. The van der Waals surface area contributed by atoms with Crippen molar-refractivity contribution in [3.05, 3.63) is 18.3 Å². The summed E-state index contributed by atoms with van der Waals surface area (Å²) in [5.41, 5.74) is 6.30. The highest BCUT2D eigenvalue weighted by molar-refractivity contribution is 7.91. The molecule has 0 radical (unpaired) electrons. The van der Waals surface area contributed by atoms with Gasteiger partial charge in [0.05, 0.1) is 17.2 Å². The number of nitrogens with two attached hydrogens (primary N) is 1. The van der Waals surface area contributed by atoms with E-state index in [2.05, 4.69) is 10.3 Å². The number of aromatic nitrogens is 1. The van der Waals surface area contributed by atoms with Crippen LogP contribution in [0.2, 0.25) is 0 Å². The van der Waals surface area contributed by atoms with Crippen LogP contribution in [0.1, 0.15) is 6.42 Å². The summed E-state index contributed by atoms with van der Waals surface area (Å²) in [4.78, 5) is 4.09. The fraction of sp³-hybridized carbons (Fsp3) is 0.500. The zero-order chi connectivity index (χ0) is 11.6. The van der Waals surface area contributed by atoms with Gasteiger partial charge in [-0.15, -0.1) is 0 Å². The first-order valence-corrected chi connectivity index (χ1v) is 7.04. The highest BCUT2D eigenvalue weighted by Crippen LogP contribution is 2.20. The van der Waals surface area contributed by atoms with E-state index in [1.165, 1.54) is 0 Å². The average Bonchev–Trinajstić information content (AvgIpc) is 2.57. The van der Waals surface area contributed by atoms with Crippen LogP contribution in [-0.2, 0) is 9.84 Å². The van der Waals surface area contributed by atoms with E-state index in [1.807, 2.05) is 0 Å². The lowest BCUT2D eigenvalue weighted by molar-refractivity contribution is 0.596. The van der Waals surface area contributed by atoms with Crippen LogP contribution in [0.15, 0.2) is 18.3 Å². The lowest BCUT2D eigenvalue weighted by Gasteiger charge is -2.11. The van der Waals surface area contributed by atoms with Gasteiger partial charge in [0.25, 0.3) is 0 Å². The van der Waals surface area contributed by atoms with E-state index in [0.29, 0.717) is 23.8 Å². The molecule has 0 amide bonds. The number of anilines is 2. The van der Waals surface area contributed by atoms with Crippen LogP contribution in [0.5, 0.6) is 0 Å². The van der Waals surface area contributed by atoms with Crippen LogP contribution in [0.4, 0.5) is 11.5 Å². The summed E-state index contributed by atoms with van der Waals surface area (Å²) in [6, 6.07) is 3.53. The van der Waals surface area contributed by atoms with Crippen LogP contribution in [0.3, 0.4) is 0 Å². The monoisotopic (exact) mass is 241 g/mol. The Morgan fingerprint density at radius 2 is 2.38 bits per heavy atom. The number of nitrogen functional groups attached to an aromatic ring is 1. The Morgan fingerprint density at radius 1 is 1.56 bits per heavy atom. The summed E-state index contributed by atoms with van der Waals surface area (Å²) < 4.78 is 22.5. The Bertz CT molecular complexity index is 473. The van der Waals surface area contributed by atoms with Crippen molar-refractivity contribution in [2.45, 2.75) is 6.42 Å². The van der Waals surface area contributed by atoms with Crippen LogP contribution in [0, 0.1) is 5.92 Å². The van der Waals surface area contributed by atoms with Crippen LogP contribution < -0.4 is 11.1 Å². The van der Waals surface area contributed by atoms with E-state index in [0.717, 1.165) is 6.42 Å². The SMILES string of the molecule is Nc1cccnc1NCC1CCS(=O)(=O)C1. The second-order valence-electron chi connectivity index (χ2n) is 4.09. The molecule has 0 saturated carbocycles. The molecule has 6 heteroatoms. The molecule has 1 unspecified atom stereocenters. The molecule has 0 aromatic carbocycles. The molecule has 2 rings (SSSR count). The predicted octanol–water partition coefficient (Wildman–Crippen LogP) is 0.510. The summed E-state index contributed by atoms with van der Waals surface area (Å²) in [6.45, 7) is 0.612. The molecule has 3 N–H and O–H groups in total. The second kappa shape index (κ2) is 4.29. The highest BCUT2D eigenvalue weighted by Gasteiger charge is 2.27. The summed E-state index contributed by atoms with van der Waals surface area (Å²) in [5.74, 6) is 1.38. The van der Waals surface area contributed by atoms with Crippen molar-refractivity contribution in [2.75, 3.05) is 29.1 Å². The largest absolute Gasteiger partial charge is 0.396 e. The van der Waals surface area contributed by atoms with Crippen molar-refractivity contribution >= 4 is 21.3 Å². The molecule has 2 heterocycles. The van der Waals surface area contributed by atoms with Gasteiger partial charge in [-0.05, 0) is 24.5 Å². The summed E-state index contributed by atoms with van der Waals surface area (Å²) >= 11 is 0. The molecule has 1 fully saturated rings. The standard InChI is InChI=1S/C10H15N3O2S/c11-9-2-1-4-12-10(9)13-6-8-3-5-16(14,15)7-8/h1-2,4,8H,3,5-7,11H2,(H,12,13). The molecule has 1 aliphatic rings. The topological polar surface area (TPSA) is 85.1 Å². The summed E-state index contributed by atoms with van der Waals surface area (Å²) in [5, 5.41) is 3.09. The number of rotatable bonds is 3. The third kappa shape index (κ3) is 2.63. The van der Waals surface area contributed by atoms with Crippen molar-refractivity contribution < 1.29 is 8.42 Å². The number of nitrogens with one attached hydrogen (secondary N) is 1. The number of nitrogens with zero attached hydrogens (tertiary/aromatic N) is 1. The van der Waals surface area contributed by atoms with Crippen LogP contribution in [-0.4, -0.2) is 31.5 Å². The van der Waals surface area contributed by atoms with Crippen molar-refractivity contribution in [3.63, 3.8) is 0 Å². The molecule has 1 aromatic heterocycles. The van der Waals surface area contributed by atoms with Gasteiger partial charge in [-0.1, -0.05) is 0 Å². The first-order valence-electron chi connectivity index (χ1n) is 5.21. The molecular weight excluding hydrogens is 226 g/mol. The minimum atomic E-state index is -2.80. The molecule has 0 aliphatic carbocycles. The molecule has 88 valence electrons. The van der Waals surface area contributed by atoms with Crippen molar-refractivity contribution in [1.82, 2.24) is 4.98 Å². The molecule has 1 saturated heterocycles. The Labute approximate surface area is 95.0 Å². The average molecular weight is 241 g/mol. The smallest absolute Gasteiger partial charge is 0.150 e. The molecule has 5 nitrogen and oxygen atoms in total. The van der Waals surface area contributed by atoms with Gasteiger partial charge in [0.1, 0.15) is 5.82 Å². The predicted molar refractivity (Wildman–Crippen MR) is 63.9 cm³/mol. The number of pyridine rings is 1. The Hall–Kier alpha value is -1.30. The molecular formula is C10H15N3O2S. The van der Waals surface area contributed by atoms with E-state index >= 15 is 0 Å². The third-order valence-corrected chi connectivity index (χ3v) is 4.56. The van der Waals surface area contributed by atoms with Crippen molar-refractivity contribution in [1.29, 1.82) is 0 Å². The molecule has 0 bridgehead atoms. The van der Waals surface area contributed by atoms with Gasteiger partial charge in [-0.25, -0.2) is 13.4 Å². The van der Waals surface area contributed by atoms with Gasteiger partial charge in [-0.2, -0.15) is 0 Å². The fourth-order valence-corrected chi connectivity index (χ4v) is 3.70.